The first-order valence-corrected chi connectivity index (χ1v) is 12.3. The Balaban J connectivity index is 2.46. The molecule has 0 saturated heterocycles. The topological polar surface area (TPSA) is 81.1 Å². The molecule has 0 amide bonds. The molecule has 0 aromatic rings. The molecule has 0 atom stereocenters. The van der Waals surface area contributed by atoms with Crippen molar-refractivity contribution < 1.29 is 8.42 Å². The summed E-state index contributed by atoms with van der Waals surface area (Å²) >= 11 is 3.24. The van der Waals surface area contributed by atoms with Crippen LogP contribution in [0.4, 0.5) is 5.82 Å². The van der Waals surface area contributed by atoms with Crippen molar-refractivity contribution in [2.45, 2.75) is 58.1 Å². The molecule has 146 valence electrons. The molecule has 0 unspecified atom stereocenters. The lowest BCUT2D eigenvalue weighted by Gasteiger charge is -2.16. The zero-order chi connectivity index (χ0) is 19.5. The number of sulfonamides is 1. The maximum Gasteiger partial charge on any atom is 0.354 e. The minimum absolute atomic E-state index is 0.0286. The van der Waals surface area contributed by atoms with E-state index in [0.717, 1.165) is 33.4 Å². The van der Waals surface area contributed by atoms with E-state index < -0.39 is 15.7 Å². The maximum atomic E-state index is 12.4. The molecule has 0 saturated carbocycles. The van der Waals surface area contributed by atoms with Gasteiger partial charge < -0.3 is 0 Å². The van der Waals surface area contributed by atoms with E-state index in [9.17, 15) is 13.2 Å². The standard InChI is InChI=1S/C17H27N3O3S3/c1-6-7-10-26(22,23)19-15-14-16(24-9-8-11(2)3)25-13(5)12(4)20(14)17(21)18-15/h11H,6-10H2,1-5H3,(H,18,19,21). The average molecular weight is 418 g/mol. The molecule has 26 heavy (non-hydrogen) atoms. The number of nitrogens with one attached hydrogen (secondary N) is 1. The Bertz CT molecular complexity index is 885. The smallest absolute Gasteiger partial charge is 0.265 e. The molecule has 0 aliphatic carbocycles. The van der Waals surface area contributed by atoms with Crippen LogP contribution in [0.15, 0.2) is 9.00 Å². The first-order chi connectivity index (χ1) is 12.2. The van der Waals surface area contributed by atoms with Crippen LogP contribution in [0.1, 0.15) is 50.6 Å². The SMILES string of the molecule is CCCCS(=O)(=O)Nc1nc(=O)n2c(C)c(C)sc(SCCC(C)C)c1-2. The van der Waals surface area contributed by atoms with Gasteiger partial charge in [-0.25, -0.2) is 13.2 Å². The first kappa shape index (κ1) is 21.2. The molecule has 0 spiro atoms. The Kier molecular flexibility index (Phi) is 7.15. The van der Waals surface area contributed by atoms with Gasteiger partial charge in [0.2, 0.25) is 10.0 Å². The number of imidazole rings is 1. The Hall–Kier alpha value is -1.06. The van der Waals surface area contributed by atoms with E-state index in [1.807, 2.05) is 20.8 Å². The Labute approximate surface area is 163 Å². The van der Waals surface area contributed by atoms with Crippen LogP contribution in [0.2, 0.25) is 0 Å². The molecule has 2 rings (SSSR count). The number of rotatable bonds is 9. The third-order valence-corrected chi connectivity index (χ3v) is 7.89. The van der Waals surface area contributed by atoms with Crippen LogP contribution in [0.25, 0.3) is 5.69 Å². The van der Waals surface area contributed by atoms with Gasteiger partial charge in [-0.05, 0) is 38.4 Å². The summed E-state index contributed by atoms with van der Waals surface area (Å²) in [5, 5.41) is 0. The van der Waals surface area contributed by atoms with Crippen molar-refractivity contribution in [2.24, 2.45) is 5.92 Å². The summed E-state index contributed by atoms with van der Waals surface area (Å²) in [6.07, 6.45) is 2.41. The van der Waals surface area contributed by atoms with E-state index in [4.69, 9.17) is 0 Å². The summed E-state index contributed by atoms with van der Waals surface area (Å²) < 4.78 is 29.6. The van der Waals surface area contributed by atoms with Crippen LogP contribution in [0.3, 0.4) is 0 Å². The van der Waals surface area contributed by atoms with Gasteiger partial charge in [0, 0.05) is 10.6 Å². The highest BCUT2D eigenvalue weighted by atomic mass is 32.2. The van der Waals surface area contributed by atoms with Crippen LogP contribution in [-0.2, 0) is 10.0 Å². The second-order valence-corrected chi connectivity index (χ2v) is 11.2. The number of aryl methyl sites for hydroxylation is 1. The molecule has 1 N–H and O–H groups in total. The number of unbranched alkanes of at least 4 members (excludes halogenated alkanes) is 1. The van der Waals surface area contributed by atoms with E-state index in [1.54, 1.807) is 23.1 Å². The Morgan fingerprint density at radius 3 is 2.62 bits per heavy atom. The molecule has 2 aliphatic heterocycles. The third-order valence-electron chi connectivity index (χ3n) is 4.08. The Morgan fingerprint density at radius 2 is 2.00 bits per heavy atom. The van der Waals surface area contributed by atoms with Gasteiger partial charge in [0.1, 0.15) is 5.69 Å². The molecule has 9 heteroatoms. The fraction of sp³-hybridized carbons (Fsp3) is 0.647. The molecule has 0 fully saturated rings. The molecular formula is C17H27N3O3S3. The van der Waals surface area contributed by atoms with Crippen LogP contribution in [0.5, 0.6) is 0 Å². The van der Waals surface area contributed by atoms with Gasteiger partial charge in [0.15, 0.2) is 5.82 Å². The summed E-state index contributed by atoms with van der Waals surface area (Å²) in [6, 6.07) is 0. The minimum Gasteiger partial charge on any atom is -0.265 e. The van der Waals surface area contributed by atoms with E-state index in [2.05, 4.69) is 23.6 Å². The lowest BCUT2D eigenvalue weighted by atomic mass is 10.2. The normalized spacial score (nSPS) is 12.2. The summed E-state index contributed by atoms with van der Waals surface area (Å²) in [5.74, 6) is 1.67. The molecule has 2 aliphatic rings. The number of nitrogens with zero attached hydrogens (tertiary/aromatic N) is 2. The lowest BCUT2D eigenvalue weighted by Crippen LogP contribution is -2.18. The monoisotopic (exact) mass is 417 g/mol. The summed E-state index contributed by atoms with van der Waals surface area (Å²) in [4.78, 5) is 17.4. The number of thioether (sulfide) groups is 1. The van der Waals surface area contributed by atoms with E-state index >= 15 is 0 Å². The van der Waals surface area contributed by atoms with E-state index in [-0.39, 0.29) is 11.6 Å². The Morgan fingerprint density at radius 1 is 1.31 bits per heavy atom. The first-order valence-electron chi connectivity index (χ1n) is 8.82. The van der Waals surface area contributed by atoms with Gasteiger partial charge in [-0.15, -0.1) is 23.1 Å². The van der Waals surface area contributed by atoms with Crippen LogP contribution in [0, 0.1) is 19.8 Å². The van der Waals surface area contributed by atoms with Crippen molar-refractivity contribution in [2.75, 3.05) is 16.2 Å². The predicted molar refractivity (Wildman–Crippen MR) is 111 cm³/mol. The van der Waals surface area contributed by atoms with Gasteiger partial charge in [0.05, 0.1) is 9.96 Å². The number of aromatic nitrogens is 2. The van der Waals surface area contributed by atoms with E-state index in [0.29, 0.717) is 18.0 Å². The van der Waals surface area contributed by atoms with Crippen molar-refractivity contribution in [1.29, 1.82) is 0 Å². The number of hydrogen-bond donors (Lipinski definition) is 1. The van der Waals surface area contributed by atoms with Gasteiger partial charge in [-0.3, -0.25) is 9.29 Å². The van der Waals surface area contributed by atoms with Crippen LogP contribution < -0.4 is 10.4 Å². The summed E-state index contributed by atoms with van der Waals surface area (Å²) in [5.41, 5.74) is 0.943. The van der Waals surface area contributed by atoms with Crippen molar-refractivity contribution >= 4 is 38.9 Å². The molecule has 0 aromatic carbocycles. The summed E-state index contributed by atoms with van der Waals surface area (Å²) in [7, 11) is -3.52. The van der Waals surface area contributed by atoms with Crippen LogP contribution >= 0.6 is 23.1 Å². The molecule has 0 aromatic heterocycles. The molecule has 0 bridgehead atoms. The highest BCUT2D eigenvalue weighted by molar-refractivity contribution is 8.01. The van der Waals surface area contributed by atoms with Crippen molar-refractivity contribution in [3.8, 4) is 5.69 Å². The quantitative estimate of drug-likeness (QED) is 0.623. The highest BCUT2D eigenvalue weighted by Gasteiger charge is 2.25. The van der Waals surface area contributed by atoms with Crippen molar-refractivity contribution in [1.82, 2.24) is 9.55 Å². The fourth-order valence-electron chi connectivity index (χ4n) is 2.41. The predicted octanol–water partition coefficient (Wildman–Crippen LogP) is 4.03. The van der Waals surface area contributed by atoms with Gasteiger partial charge in [0.25, 0.3) is 0 Å². The highest BCUT2D eigenvalue weighted by Crippen LogP contribution is 2.38. The third kappa shape index (κ3) is 5.01. The minimum atomic E-state index is -3.52. The molecule has 2 heterocycles. The lowest BCUT2D eigenvalue weighted by molar-refractivity contribution is 0.597. The zero-order valence-electron chi connectivity index (χ0n) is 16.0. The van der Waals surface area contributed by atoms with Crippen LogP contribution in [-0.4, -0.2) is 29.5 Å². The number of hydrogen-bond acceptors (Lipinski definition) is 6. The van der Waals surface area contributed by atoms with Gasteiger partial charge in [-0.2, -0.15) is 4.98 Å². The molecular weight excluding hydrogens is 390 g/mol. The van der Waals surface area contributed by atoms with Gasteiger partial charge >= 0.3 is 5.69 Å². The molecule has 6 nitrogen and oxygen atoms in total. The second kappa shape index (κ2) is 8.75. The molecule has 0 radical (unpaired) electrons. The second-order valence-electron chi connectivity index (χ2n) is 6.76. The average Bonchev–Trinajstić information content (AvgIpc) is 2.85. The fourth-order valence-corrected chi connectivity index (χ4v) is 6.38. The number of anilines is 1. The van der Waals surface area contributed by atoms with Crippen molar-refractivity contribution in [3.63, 3.8) is 0 Å². The van der Waals surface area contributed by atoms with Gasteiger partial charge in [-0.1, -0.05) is 27.2 Å². The van der Waals surface area contributed by atoms with Crippen molar-refractivity contribution in [3.05, 3.63) is 21.1 Å². The zero-order valence-corrected chi connectivity index (χ0v) is 18.4. The number of fused-ring (bicyclic) bond motifs is 1. The summed E-state index contributed by atoms with van der Waals surface area (Å²) in [6.45, 7) is 10.1. The van der Waals surface area contributed by atoms with E-state index in [1.165, 1.54) is 4.57 Å². The maximum absolute atomic E-state index is 12.4. The largest absolute Gasteiger partial charge is 0.354 e.